The van der Waals surface area contributed by atoms with Crippen LogP contribution in [0, 0.1) is 0 Å². The van der Waals surface area contributed by atoms with E-state index in [4.69, 9.17) is 4.74 Å². The highest BCUT2D eigenvalue weighted by Gasteiger charge is 2.36. The first-order chi connectivity index (χ1) is 10.6. The van der Waals surface area contributed by atoms with Gasteiger partial charge >= 0.3 is 0 Å². The molecular weight excluding hydrogens is 300 g/mol. The Bertz CT molecular complexity index is 418. The third-order valence-electron chi connectivity index (χ3n) is 4.94. The first kappa shape index (κ1) is 16.3. The maximum absolute atomic E-state index is 12.2. The molecule has 2 unspecified atom stereocenters. The van der Waals surface area contributed by atoms with E-state index in [9.17, 15) is 9.59 Å². The smallest absolute Gasteiger partial charge is 0.224 e. The second kappa shape index (κ2) is 7.32. The highest BCUT2D eigenvalue weighted by Crippen LogP contribution is 2.29. The molecule has 0 aliphatic carbocycles. The Hall–Kier alpha value is -0.590. The van der Waals surface area contributed by atoms with E-state index in [2.05, 4.69) is 4.90 Å². The predicted molar refractivity (Wildman–Crippen MR) is 86.8 cm³/mol. The molecular formula is C16H26N2O3S. The molecule has 3 aliphatic rings. The van der Waals surface area contributed by atoms with Gasteiger partial charge in [0.2, 0.25) is 5.91 Å². The molecule has 3 aliphatic heterocycles. The van der Waals surface area contributed by atoms with Gasteiger partial charge in [-0.25, -0.2) is 0 Å². The minimum absolute atomic E-state index is 0.117. The van der Waals surface area contributed by atoms with Crippen molar-refractivity contribution in [3.8, 4) is 0 Å². The molecule has 3 rings (SSSR count). The molecule has 2 atom stereocenters. The first-order valence-corrected chi connectivity index (χ1v) is 9.30. The predicted octanol–water partition coefficient (Wildman–Crippen LogP) is 1.51. The number of amides is 1. The van der Waals surface area contributed by atoms with E-state index in [-0.39, 0.29) is 16.3 Å². The van der Waals surface area contributed by atoms with E-state index in [0.717, 1.165) is 45.6 Å². The van der Waals surface area contributed by atoms with E-state index < -0.39 is 0 Å². The van der Waals surface area contributed by atoms with Crippen molar-refractivity contribution < 1.29 is 14.3 Å². The first-order valence-electron chi connectivity index (χ1n) is 8.42. The van der Waals surface area contributed by atoms with Crippen molar-refractivity contribution in [1.29, 1.82) is 0 Å². The van der Waals surface area contributed by atoms with Gasteiger partial charge < -0.3 is 14.5 Å². The van der Waals surface area contributed by atoms with Crippen LogP contribution in [0.15, 0.2) is 0 Å². The van der Waals surface area contributed by atoms with E-state index >= 15 is 0 Å². The molecule has 0 bridgehead atoms. The lowest BCUT2D eigenvalue weighted by Gasteiger charge is -2.37. The number of hydrogen-bond acceptors (Lipinski definition) is 5. The van der Waals surface area contributed by atoms with Crippen LogP contribution in [0.1, 0.15) is 39.0 Å². The summed E-state index contributed by atoms with van der Waals surface area (Å²) in [7, 11) is 0. The molecule has 0 spiro atoms. The molecule has 5 nitrogen and oxygen atoms in total. The number of piperidine rings is 1. The van der Waals surface area contributed by atoms with Gasteiger partial charge in [0.1, 0.15) is 0 Å². The van der Waals surface area contributed by atoms with Crippen LogP contribution in [0.2, 0.25) is 0 Å². The maximum atomic E-state index is 12.2. The van der Waals surface area contributed by atoms with Crippen molar-refractivity contribution in [2.75, 3.05) is 32.8 Å². The number of hydrogen-bond donors (Lipinski definition) is 0. The SMILES string of the molecule is CC(=O)SC1CC(=O)N(C2CCN(CC3CCCO3)CC2)C1. The van der Waals surface area contributed by atoms with E-state index in [0.29, 0.717) is 18.6 Å². The number of carbonyl (C=O) groups is 2. The summed E-state index contributed by atoms with van der Waals surface area (Å²) in [5.74, 6) is 0.233. The summed E-state index contributed by atoms with van der Waals surface area (Å²) in [4.78, 5) is 27.9. The summed E-state index contributed by atoms with van der Waals surface area (Å²) in [6, 6.07) is 0.366. The minimum atomic E-state index is 0.117. The lowest BCUT2D eigenvalue weighted by molar-refractivity contribution is -0.130. The molecule has 124 valence electrons. The minimum Gasteiger partial charge on any atom is -0.377 e. The molecule has 22 heavy (non-hydrogen) atoms. The van der Waals surface area contributed by atoms with Crippen LogP contribution in [0.25, 0.3) is 0 Å². The highest BCUT2D eigenvalue weighted by atomic mass is 32.2. The fourth-order valence-corrected chi connectivity index (χ4v) is 4.78. The molecule has 0 aromatic carbocycles. The Kier molecular flexibility index (Phi) is 5.42. The molecule has 6 heteroatoms. The number of thioether (sulfide) groups is 1. The average molecular weight is 326 g/mol. The van der Waals surface area contributed by atoms with Crippen molar-refractivity contribution in [3.63, 3.8) is 0 Å². The summed E-state index contributed by atoms with van der Waals surface area (Å²) in [5, 5.41) is 0.279. The molecule has 0 radical (unpaired) electrons. The maximum Gasteiger partial charge on any atom is 0.224 e. The van der Waals surface area contributed by atoms with Gasteiger partial charge in [-0.2, -0.15) is 0 Å². The van der Waals surface area contributed by atoms with Crippen molar-refractivity contribution in [2.24, 2.45) is 0 Å². The van der Waals surface area contributed by atoms with Gasteiger partial charge in [0.25, 0.3) is 0 Å². The third kappa shape index (κ3) is 4.03. The van der Waals surface area contributed by atoms with Gasteiger partial charge in [0.15, 0.2) is 5.12 Å². The monoisotopic (exact) mass is 326 g/mol. The van der Waals surface area contributed by atoms with Crippen molar-refractivity contribution in [1.82, 2.24) is 9.80 Å². The Morgan fingerprint density at radius 2 is 2.09 bits per heavy atom. The summed E-state index contributed by atoms with van der Waals surface area (Å²) in [6.07, 6.45) is 5.43. The highest BCUT2D eigenvalue weighted by molar-refractivity contribution is 8.14. The zero-order valence-corrected chi connectivity index (χ0v) is 14.1. The second-order valence-corrected chi connectivity index (χ2v) is 8.13. The molecule has 3 fully saturated rings. The molecule has 0 saturated carbocycles. The number of carbonyl (C=O) groups excluding carboxylic acids is 2. The number of likely N-dealkylation sites (tertiary alicyclic amines) is 2. The Balaban J connectivity index is 1.44. The zero-order valence-electron chi connectivity index (χ0n) is 13.3. The van der Waals surface area contributed by atoms with Crippen molar-refractivity contribution >= 4 is 22.8 Å². The topological polar surface area (TPSA) is 49.9 Å². The molecule has 0 N–H and O–H groups in total. The Labute approximate surface area is 136 Å². The average Bonchev–Trinajstić information content (AvgIpc) is 3.09. The second-order valence-electron chi connectivity index (χ2n) is 6.65. The number of ether oxygens (including phenoxy) is 1. The van der Waals surface area contributed by atoms with Crippen molar-refractivity contribution in [3.05, 3.63) is 0 Å². The zero-order chi connectivity index (χ0) is 15.5. The molecule has 1 amide bonds. The normalized spacial score (nSPS) is 31.1. The molecule has 3 heterocycles. The van der Waals surface area contributed by atoms with E-state index in [1.54, 1.807) is 6.92 Å². The molecule has 0 aromatic heterocycles. The van der Waals surface area contributed by atoms with Crippen LogP contribution < -0.4 is 0 Å². The lowest BCUT2D eigenvalue weighted by Crippen LogP contribution is -2.47. The molecule has 3 saturated heterocycles. The van der Waals surface area contributed by atoms with Crippen LogP contribution in [0.3, 0.4) is 0 Å². The molecule has 0 aromatic rings. The van der Waals surface area contributed by atoms with Gasteiger partial charge in [-0.1, -0.05) is 11.8 Å². The van der Waals surface area contributed by atoms with Gasteiger partial charge in [-0.05, 0) is 25.7 Å². The summed E-state index contributed by atoms with van der Waals surface area (Å²) in [5.41, 5.74) is 0. The van der Waals surface area contributed by atoms with Gasteiger partial charge in [0.05, 0.1) is 6.10 Å². The van der Waals surface area contributed by atoms with Crippen LogP contribution in [0.4, 0.5) is 0 Å². The lowest BCUT2D eigenvalue weighted by atomic mass is 10.0. The van der Waals surface area contributed by atoms with Gasteiger partial charge in [0, 0.05) is 57.4 Å². The Morgan fingerprint density at radius 1 is 1.32 bits per heavy atom. The van der Waals surface area contributed by atoms with Gasteiger partial charge in [-0.15, -0.1) is 0 Å². The van der Waals surface area contributed by atoms with Crippen molar-refractivity contribution in [2.45, 2.75) is 56.4 Å². The van der Waals surface area contributed by atoms with Crippen LogP contribution in [-0.4, -0.2) is 71.0 Å². The number of nitrogens with zero attached hydrogens (tertiary/aromatic N) is 2. The van der Waals surface area contributed by atoms with E-state index in [1.165, 1.54) is 24.6 Å². The third-order valence-corrected chi connectivity index (χ3v) is 5.92. The van der Waals surface area contributed by atoms with Crippen LogP contribution >= 0.6 is 11.8 Å². The quantitative estimate of drug-likeness (QED) is 0.784. The van der Waals surface area contributed by atoms with Crippen LogP contribution in [-0.2, 0) is 14.3 Å². The summed E-state index contributed by atoms with van der Waals surface area (Å²) >= 11 is 1.33. The summed E-state index contributed by atoms with van der Waals surface area (Å²) < 4.78 is 5.71. The standard InChI is InChI=1S/C16H26N2O3S/c1-12(19)22-15-9-16(20)18(11-15)13-4-6-17(7-5-13)10-14-3-2-8-21-14/h13-15H,2-11H2,1H3. The Morgan fingerprint density at radius 3 is 2.73 bits per heavy atom. The fraction of sp³-hybridized carbons (Fsp3) is 0.875. The fourth-order valence-electron chi connectivity index (χ4n) is 3.85. The van der Waals surface area contributed by atoms with Gasteiger partial charge in [-0.3, -0.25) is 9.59 Å². The largest absolute Gasteiger partial charge is 0.377 e. The number of rotatable bonds is 4. The van der Waals surface area contributed by atoms with E-state index in [1.807, 2.05) is 4.90 Å². The van der Waals surface area contributed by atoms with Crippen LogP contribution in [0.5, 0.6) is 0 Å². The summed E-state index contributed by atoms with van der Waals surface area (Å²) in [6.45, 7) is 6.40.